The van der Waals surface area contributed by atoms with Gasteiger partial charge < -0.3 is 0 Å². The molecule has 0 unspecified atom stereocenters. The molecule has 3 aliphatic rings. The molecular weight excluding hydrogens is 388 g/mol. The third kappa shape index (κ3) is 2.50. The van der Waals surface area contributed by atoms with E-state index in [1.165, 1.54) is 11.8 Å². The number of thioether (sulfide) groups is 1. The van der Waals surface area contributed by atoms with Crippen LogP contribution in [-0.2, 0) is 4.79 Å². The average Bonchev–Trinajstić information content (AvgIpc) is 3.03. The highest BCUT2D eigenvalue weighted by Gasteiger charge is 2.46. The molecule has 1 fully saturated rings. The summed E-state index contributed by atoms with van der Waals surface area (Å²) in [5.74, 6) is 0.589. The number of benzene rings is 1. The first-order valence-electron chi connectivity index (χ1n) is 7.97. The second kappa shape index (κ2) is 6.04. The Hall–Kier alpha value is -1.60. The molecule has 1 aliphatic carbocycles. The van der Waals surface area contributed by atoms with Gasteiger partial charge in [0.25, 0.3) is 5.91 Å². The van der Waals surface area contributed by atoms with E-state index in [1.807, 2.05) is 23.2 Å². The van der Waals surface area contributed by atoms with Crippen molar-refractivity contribution in [1.29, 1.82) is 0 Å². The number of halogens is 1. The standard InChI is InChI=1S/C17H17BrN4OS/c1-2-9-24-16-19-15(23)14-12-10-11(18)5-6-13(12)20-17(22(14)21-16)7-3-4-8-17/h2,5-6,10H,1,3-4,7-9H2,(H,19,21,23). The lowest BCUT2D eigenvalue weighted by Crippen LogP contribution is -2.57. The van der Waals surface area contributed by atoms with Crippen molar-refractivity contribution in [3.05, 3.63) is 45.9 Å². The van der Waals surface area contributed by atoms with E-state index in [0.29, 0.717) is 16.6 Å². The number of hydrogen-bond donors (Lipinski definition) is 1. The molecule has 7 heteroatoms. The molecule has 124 valence electrons. The van der Waals surface area contributed by atoms with Gasteiger partial charge >= 0.3 is 0 Å². The molecule has 0 saturated heterocycles. The van der Waals surface area contributed by atoms with Crippen molar-refractivity contribution in [2.45, 2.75) is 31.3 Å². The molecule has 1 spiro atoms. The first-order chi connectivity index (χ1) is 11.6. The predicted molar refractivity (Wildman–Crippen MR) is 99.6 cm³/mol. The van der Waals surface area contributed by atoms with Gasteiger partial charge in [0.15, 0.2) is 10.8 Å². The summed E-state index contributed by atoms with van der Waals surface area (Å²) in [6.07, 6.45) is 5.85. The van der Waals surface area contributed by atoms with E-state index in [2.05, 4.69) is 27.8 Å². The van der Waals surface area contributed by atoms with Gasteiger partial charge in [0.05, 0.1) is 5.36 Å². The Morgan fingerprint density at radius 2 is 2.21 bits per heavy atom. The fourth-order valence-corrected chi connectivity index (χ4v) is 4.43. The number of carbonyl (C=O) groups excluding carboxylic acids is 1. The van der Waals surface area contributed by atoms with E-state index in [-0.39, 0.29) is 5.91 Å². The van der Waals surface area contributed by atoms with Crippen LogP contribution < -0.4 is 15.9 Å². The zero-order valence-corrected chi connectivity index (χ0v) is 15.5. The third-order valence-corrected chi connectivity index (χ3v) is 5.87. The predicted octanol–water partition coefficient (Wildman–Crippen LogP) is 2.08. The lowest BCUT2D eigenvalue weighted by atomic mass is 10.0. The van der Waals surface area contributed by atoms with Crippen LogP contribution in [-0.4, -0.2) is 27.5 Å². The summed E-state index contributed by atoms with van der Waals surface area (Å²) in [6, 6.07) is 5.89. The van der Waals surface area contributed by atoms with E-state index < -0.39 is 5.66 Å². The van der Waals surface area contributed by atoms with Crippen molar-refractivity contribution in [2.75, 3.05) is 5.75 Å². The molecule has 0 radical (unpaired) electrons. The number of hydrazone groups is 1. The van der Waals surface area contributed by atoms with Crippen molar-refractivity contribution in [1.82, 2.24) is 10.3 Å². The Kier molecular flexibility index (Phi) is 4.00. The minimum absolute atomic E-state index is 0.114. The van der Waals surface area contributed by atoms with Crippen LogP contribution in [0.15, 0.2) is 45.4 Å². The van der Waals surface area contributed by atoms with Gasteiger partial charge in [-0.25, -0.2) is 5.01 Å². The molecule has 2 heterocycles. The molecule has 0 atom stereocenters. The van der Waals surface area contributed by atoms with Crippen LogP contribution in [0.3, 0.4) is 0 Å². The van der Waals surface area contributed by atoms with E-state index in [1.54, 1.807) is 6.08 Å². The van der Waals surface area contributed by atoms with Crippen LogP contribution in [0.5, 0.6) is 0 Å². The summed E-state index contributed by atoms with van der Waals surface area (Å²) >= 11 is 4.97. The fourth-order valence-electron chi connectivity index (χ4n) is 3.49. The summed E-state index contributed by atoms with van der Waals surface area (Å²) in [5.41, 5.74) is 0.180. The summed E-state index contributed by atoms with van der Waals surface area (Å²) in [4.78, 5) is 17.9. The maximum atomic E-state index is 12.8. The SMILES string of the molecule is C=CCSC1=NN2C(=c3cc(Br)ccc3=NC23CCCC3)C(=O)N1. The molecule has 1 N–H and O–H groups in total. The Bertz CT molecular complexity index is 873. The van der Waals surface area contributed by atoms with Crippen molar-refractivity contribution in [3.63, 3.8) is 0 Å². The van der Waals surface area contributed by atoms with Gasteiger partial charge in [0.2, 0.25) is 0 Å². The van der Waals surface area contributed by atoms with Gasteiger partial charge in [-0.1, -0.05) is 33.8 Å². The molecule has 1 amide bonds. The number of amides is 1. The minimum Gasteiger partial charge on any atom is -0.298 e. The monoisotopic (exact) mass is 404 g/mol. The van der Waals surface area contributed by atoms with E-state index >= 15 is 0 Å². The number of nitrogens with zero attached hydrogens (tertiary/aromatic N) is 3. The van der Waals surface area contributed by atoms with Gasteiger partial charge in [-0.3, -0.25) is 15.1 Å². The zero-order valence-electron chi connectivity index (χ0n) is 13.1. The van der Waals surface area contributed by atoms with E-state index in [9.17, 15) is 4.79 Å². The zero-order chi connectivity index (χ0) is 16.7. The molecule has 0 aromatic heterocycles. The highest BCUT2D eigenvalue weighted by atomic mass is 79.9. The Morgan fingerprint density at radius 1 is 1.42 bits per heavy atom. The summed E-state index contributed by atoms with van der Waals surface area (Å²) in [6.45, 7) is 3.72. The van der Waals surface area contributed by atoms with Crippen molar-refractivity contribution in [2.24, 2.45) is 10.1 Å². The lowest BCUT2D eigenvalue weighted by Gasteiger charge is -2.41. The van der Waals surface area contributed by atoms with Crippen molar-refractivity contribution < 1.29 is 4.79 Å². The fraction of sp³-hybridized carbons (Fsp3) is 0.353. The number of fused-ring (bicyclic) bond motifs is 3. The van der Waals surface area contributed by atoms with Gasteiger partial charge in [0, 0.05) is 15.4 Å². The van der Waals surface area contributed by atoms with Crippen LogP contribution in [0, 0.1) is 0 Å². The van der Waals surface area contributed by atoms with Gasteiger partial charge in [-0.15, -0.1) is 11.7 Å². The molecule has 5 nitrogen and oxygen atoms in total. The molecular formula is C17H17BrN4OS. The summed E-state index contributed by atoms with van der Waals surface area (Å²) < 4.78 is 0.926. The molecule has 24 heavy (non-hydrogen) atoms. The van der Waals surface area contributed by atoms with Gasteiger partial charge in [0.1, 0.15) is 5.70 Å². The maximum Gasteiger partial charge on any atom is 0.276 e. The van der Waals surface area contributed by atoms with Crippen molar-refractivity contribution in [3.8, 4) is 0 Å². The Morgan fingerprint density at radius 3 is 2.96 bits per heavy atom. The first-order valence-corrected chi connectivity index (χ1v) is 9.74. The number of rotatable bonds is 2. The normalized spacial score (nSPS) is 20.9. The largest absolute Gasteiger partial charge is 0.298 e. The van der Waals surface area contributed by atoms with E-state index in [0.717, 1.165) is 40.7 Å². The highest BCUT2D eigenvalue weighted by molar-refractivity contribution is 9.10. The number of hydrogen-bond acceptors (Lipinski definition) is 5. The molecule has 1 aromatic rings. The second-order valence-electron chi connectivity index (χ2n) is 6.08. The minimum atomic E-state index is -0.423. The molecule has 2 aliphatic heterocycles. The Labute approximate surface area is 152 Å². The first kappa shape index (κ1) is 15.9. The molecule has 1 saturated carbocycles. The third-order valence-electron chi connectivity index (χ3n) is 4.52. The highest BCUT2D eigenvalue weighted by Crippen LogP contribution is 2.40. The van der Waals surface area contributed by atoms with Gasteiger partial charge in [-0.2, -0.15) is 0 Å². The van der Waals surface area contributed by atoms with Crippen LogP contribution >= 0.6 is 27.7 Å². The average molecular weight is 405 g/mol. The number of amidine groups is 1. The number of carbonyl (C=O) groups is 1. The van der Waals surface area contributed by atoms with Crippen LogP contribution in [0.1, 0.15) is 25.7 Å². The smallest absolute Gasteiger partial charge is 0.276 e. The van der Waals surface area contributed by atoms with Crippen molar-refractivity contribution >= 4 is 44.5 Å². The molecule has 4 rings (SSSR count). The van der Waals surface area contributed by atoms with Gasteiger partial charge in [-0.05, 0) is 43.9 Å². The maximum absolute atomic E-state index is 12.8. The lowest BCUT2D eigenvalue weighted by molar-refractivity contribution is -0.116. The van der Waals surface area contributed by atoms with Crippen LogP contribution in [0.4, 0.5) is 0 Å². The van der Waals surface area contributed by atoms with E-state index in [4.69, 9.17) is 10.1 Å². The quantitative estimate of drug-likeness (QED) is 0.767. The second-order valence-corrected chi connectivity index (χ2v) is 8.01. The summed E-state index contributed by atoms with van der Waals surface area (Å²) in [5, 5.41) is 11.8. The summed E-state index contributed by atoms with van der Waals surface area (Å²) in [7, 11) is 0. The molecule has 1 aromatic carbocycles. The number of nitrogens with one attached hydrogen (secondary N) is 1. The molecule has 0 bridgehead atoms. The van der Waals surface area contributed by atoms with Crippen LogP contribution in [0.25, 0.3) is 5.70 Å². The topological polar surface area (TPSA) is 57.1 Å². The van der Waals surface area contributed by atoms with Crippen LogP contribution in [0.2, 0.25) is 0 Å². The Balaban J connectivity index is 1.94.